The van der Waals surface area contributed by atoms with Crippen molar-refractivity contribution in [2.75, 3.05) is 0 Å². The van der Waals surface area contributed by atoms with Crippen LogP contribution in [-0.4, -0.2) is 11.1 Å². The molecule has 0 aliphatic carbocycles. The molecule has 0 aliphatic rings. The minimum atomic E-state index is -1.10. The zero-order valence-electron chi connectivity index (χ0n) is 7.59. The molecule has 1 aromatic rings. The van der Waals surface area contributed by atoms with Crippen LogP contribution < -0.4 is 0 Å². The van der Waals surface area contributed by atoms with Crippen molar-refractivity contribution in [1.82, 2.24) is 0 Å². The SMILES string of the molecule is Cc1cccc(C#CC(=O)O)c1C. The number of benzene rings is 1. The van der Waals surface area contributed by atoms with Crippen LogP contribution in [0.1, 0.15) is 16.7 Å². The molecule has 0 radical (unpaired) electrons. The van der Waals surface area contributed by atoms with Gasteiger partial charge in [0.2, 0.25) is 0 Å². The number of aryl methyl sites for hydroxylation is 1. The Balaban J connectivity index is 3.11. The van der Waals surface area contributed by atoms with Gasteiger partial charge >= 0.3 is 5.97 Å². The zero-order chi connectivity index (χ0) is 9.84. The lowest BCUT2D eigenvalue weighted by atomic mass is 10.0. The molecule has 2 heteroatoms. The average Bonchev–Trinajstić information content (AvgIpc) is 2.07. The summed E-state index contributed by atoms with van der Waals surface area (Å²) in [4.78, 5) is 10.2. The van der Waals surface area contributed by atoms with Crippen molar-refractivity contribution in [3.8, 4) is 11.8 Å². The lowest BCUT2D eigenvalue weighted by Gasteiger charge is -2.00. The Morgan fingerprint density at radius 3 is 2.69 bits per heavy atom. The van der Waals surface area contributed by atoms with Gasteiger partial charge < -0.3 is 5.11 Å². The molecular formula is C11H10O2. The van der Waals surface area contributed by atoms with E-state index in [0.29, 0.717) is 0 Å². The molecule has 0 atom stereocenters. The van der Waals surface area contributed by atoms with E-state index in [1.807, 2.05) is 32.0 Å². The van der Waals surface area contributed by atoms with E-state index in [1.165, 1.54) is 0 Å². The van der Waals surface area contributed by atoms with Crippen LogP contribution in [0.4, 0.5) is 0 Å². The van der Waals surface area contributed by atoms with Crippen LogP contribution in [0.25, 0.3) is 0 Å². The summed E-state index contributed by atoms with van der Waals surface area (Å²) in [7, 11) is 0. The second-order valence-corrected chi connectivity index (χ2v) is 2.80. The molecule has 1 aromatic carbocycles. The lowest BCUT2D eigenvalue weighted by Crippen LogP contribution is -1.90. The smallest absolute Gasteiger partial charge is 0.382 e. The van der Waals surface area contributed by atoms with Crippen LogP contribution in [0.2, 0.25) is 0 Å². The highest BCUT2D eigenvalue weighted by Gasteiger charge is 1.96. The Morgan fingerprint density at radius 2 is 2.08 bits per heavy atom. The fourth-order valence-corrected chi connectivity index (χ4v) is 1.01. The second-order valence-electron chi connectivity index (χ2n) is 2.80. The molecule has 0 spiro atoms. The highest BCUT2D eigenvalue weighted by atomic mass is 16.4. The van der Waals surface area contributed by atoms with Crippen molar-refractivity contribution in [2.24, 2.45) is 0 Å². The second kappa shape index (κ2) is 3.77. The predicted molar refractivity (Wildman–Crippen MR) is 50.4 cm³/mol. The van der Waals surface area contributed by atoms with Gasteiger partial charge in [-0.3, -0.25) is 0 Å². The van der Waals surface area contributed by atoms with Gasteiger partial charge in [0.25, 0.3) is 0 Å². The summed E-state index contributed by atoms with van der Waals surface area (Å²) in [5, 5.41) is 8.36. The van der Waals surface area contributed by atoms with Crippen molar-refractivity contribution >= 4 is 5.97 Å². The zero-order valence-corrected chi connectivity index (χ0v) is 7.59. The van der Waals surface area contributed by atoms with Gasteiger partial charge in [-0.15, -0.1) is 0 Å². The van der Waals surface area contributed by atoms with E-state index in [2.05, 4.69) is 11.8 Å². The number of carboxylic acid groups (broad SMARTS) is 1. The number of hydrogen-bond donors (Lipinski definition) is 1. The fraction of sp³-hybridized carbons (Fsp3) is 0.182. The monoisotopic (exact) mass is 174 g/mol. The Hall–Kier alpha value is -1.75. The highest BCUT2D eigenvalue weighted by molar-refractivity contribution is 5.87. The summed E-state index contributed by atoms with van der Waals surface area (Å²) in [6.07, 6.45) is 0. The van der Waals surface area contributed by atoms with Gasteiger partial charge in [0, 0.05) is 11.5 Å². The molecule has 1 N–H and O–H groups in total. The third-order valence-electron chi connectivity index (χ3n) is 1.91. The van der Waals surface area contributed by atoms with Crippen LogP contribution in [-0.2, 0) is 4.79 Å². The van der Waals surface area contributed by atoms with Gasteiger partial charge in [0.05, 0.1) is 0 Å². The Morgan fingerprint density at radius 1 is 1.38 bits per heavy atom. The molecule has 0 saturated heterocycles. The van der Waals surface area contributed by atoms with Crippen molar-refractivity contribution in [3.05, 3.63) is 34.9 Å². The molecule has 0 heterocycles. The number of carboxylic acids is 1. The Labute approximate surface area is 77.2 Å². The van der Waals surface area contributed by atoms with Crippen molar-refractivity contribution in [2.45, 2.75) is 13.8 Å². The summed E-state index contributed by atoms with van der Waals surface area (Å²) >= 11 is 0. The van der Waals surface area contributed by atoms with Crippen molar-refractivity contribution in [1.29, 1.82) is 0 Å². The third kappa shape index (κ3) is 2.34. The molecule has 66 valence electrons. The quantitative estimate of drug-likeness (QED) is 0.608. The van der Waals surface area contributed by atoms with Crippen LogP contribution in [0, 0.1) is 25.7 Å². The van der Waals surface area contributed by atoms with Gasteiger partial charge in [-0.1, -0.05) is 18.1 Å². The van der Waals surface area contributed by atoms with Crippen LogP contribution >= 0.6 is 0 Å². The number of carbonyl (C=O) groups is 1. The third-order valence-corrected chi connectivity index (χ3v) is 1.91. The van der Waals surface area contributed by atoms with Crippen molar-refractivity contribution < 1.29 is 9.90 Å². The van der Waals surface area contributed by atoms with E-state index >= 15 is 0 Å². The maximum Gasteiger partial charge on any atom is 0.382 e. The maximum absolute atomic E-state index is 10.2. The molecule has 0 saturated carbocycles. The predicted octanol–water partition coefficient (Wildman–Crippen LogP) is 1.74. The summed E-state index contributed by atoms with van der Waals surface area (Å²) in [6.45, 7) is 3.91. The minimum Gasteiger partial charge on any atom is -0.472 e. The van der Waals surface area contributed by atoms with Crippen LogP contribution in [0.15, 0.2) is 18.2 Å². The molecule has 0 aromatic heterocycles. The molecule has 0 bridgehead atoms. The van der Waals surface area contributed by atoms with Crippen LogP contribution in [0.5, 0.6) is 0 Å². The highest BCUT2D eigenvalue weighted by Crippen LogP contribution is 2.10. The minimum absolute atomic E-state index is 0.780. The first-order chi connectivity index (χ1) is 6.11. The molecule has 2 nitrogen and oxygen atoms in total. The summed E-state index contributed by atoms with van der Waals surface area (Å²) in [6, 6.07) is 5.66. The van der Waals surface area contributed by atoms with E-state index in [0.717, 1.165) is 16.7 Å². The van der Waals surface area contributed by atoms with Crippen molar-refractivity contribution in [3.63, 3.8) is 0 Å². The average molecular weight is 174 g/mol. The lowest BCUT2D eigenvalue weighted by molar-refractivity contribution is -0.130. The van der Waals surface area contributed by atoms with E-state index in [1.54, 1.807) is 0 Å². The first-order valence-electron chi connectivity index (χ1n) is 3.92. The molecule has 0 aliphatic heterocycles. The van der Waals surface area contributed by atoms with E-state index in [4.69, 9.17) is 5.11 Å². The molecule has 0 amide bonds. The number of aliphatic carboxylic acids is 1. The van der Waals surface area contributed by atoms with E-state index in [9.17, 15) is 4.79 Å². The van der Waals surface area contributed by atoms with Gasteiger partial charge in [-0.2, -0.15) is 0 Å². The Bertz CT molecular complexity index is 394. The van der Waals surface area contributed by atoms with E-state index in [-0.39, 0.29) is 0 Å². The molecule has 0 unspecified atom stereocenters. The molecular weight excluding hydrogens is 164 g/mol. The summed E-state index contributed by atoms with van der Waals surface area (Å²) in [5.74, 6) is 3.60. The molecule has 0 fully saturated rings. The number of hydrogen-bond acceptors (Lipinski definition) is 1. The largest absolute Gasteiger partial charge is 0.472 e. The first-order valence-corrected chi connectivity index (χ1v) is 3.92. The topological polar surface area (TPSA) is 37.3 Å². The molecule has 13 heavy (non-hydrogen) atoms. The first kappa shape index (κ1) is 9.34. The fourth-order valence-electron chi connectivity index (χ4n) is 1.01. The van der Waals surface area contributed by atoms with E-state index < -0.39 is 5.97 Å². The normalized spacial score (nSPS) is 8.77. The molecule has 1 rings (SSSR count). The Kier molecular flexibility index (Phi) is 2.71. The standard InChI is InChI=1S/C11H10O2/c1-8-4-3-5-10(9(8)2)6-7-11(12)13/h3-5H,1-2H3,(H,12,13). The van der Waals surface area contributed by atoms with Crippen LogP contribution in [0.3, 0.4) is 0 Å². The van der Waals surface area contributed by atoms with Gasteiger partial charge in [0.15, 0.2) is 0 Å². The summed E-state index contributed by atoms with van der Waals surface area (Å²) < 4.78 is 0. The summed E-state index contributed by atoms with van der Waals surface area (Å²) in [5.41, 5.74) is 2.94. The van der Waals surface area contributed by atoms with Gasteiger partial charge in [0.1, 0.15) is 0 Å². The van der Waals surface area contributed by atoms with Gasteiger partial charge in [-0.05, 0) is 31.0 Å². The van der Waals surface area contributed by atoms with Gasteiger partial charge in [-0.25, -0.2) is 4.79 Å². The number of rotatable bonds is 0. The maximum atomic E-state index is 10.2.